The summed E-state index contributed by atoms with van der Waals surface area (Å²) >= 11 is 0. The van der Waals surface area contributed by atoms with Gasteiger partial charge in [-0.3, -0.25) is 4.79 Å². The Bertz CT molecular complexity index is 576. The Labute approximate surface area is 114 Å². The highest BCUT2D eigenvalue weighted by molar-refractivity contribution is 6.09. The topological polar surface area (TPSA) is 32.3 Å². The molecule has 20 heavy (non-hydrogen) atoms. The average molecular weight is 284 g/mol. The second kappa shape index (κ2) is 3.90. The standard InChI is InChI=1S/C14H15F3N2O/c1-8(2)19-10-5-3-4-9(14(15,16)17)11(10)18-12(20)13(19)6-7-13/h3-5,8H,6-7H2,1-2H3,(H,18,20). The van der Waals surface area contributed by atoms with Crippen molar-refractivity contribution >= 4 is 17.3 Å². The molecule has 1 saturated carbocycles. The number of fused-ring (bicyclic) bond motifs is 1. The second-order valence-electron chi connectivity index (χ2n) is 5.65. The number of benzene rings is 1. The minimum Gasteiger partial charge on any atom is -0.353 e. The van der Waals surface area contributed by atoms with Crippen LogP contribution in [0, 0.1) is 0 Å². The van der Waals surface area contributed by atoms with Gasteiger partial charge in [-0.05, 0) is 38.8 Å². The quantitative estimate of drug-likeness (QED) is 0.857. The van der Waals surface area contributed by atoms with Gasteiger partial charge in [-0.25, -0.2) is 0 Å². The van der Waals surface area contributed by atoms with Crippen molar-refractivity contribution in [3.8, 4) is 0 Å². The first-order valence-electron chi connectivity index (χ1n) is 6.58. The second-order valence-corrected chi connectivity index (χ2v) is 5.65. The monoisotopic (exact) mass is 284 g/mol. The number of anilines is 2. The fraction of sp³-hybridized carbons (Fsp3) is 0.500. The van der Waals surface area contributed by atoms with Gasteiger partial charge in [0.25, 0.3) is 0 Å². The van der Waals surface area contributed by atoms with Crippen LogP contribution in [-0.4, -0.2) is 17.5 Å². The molecule has 1 aromatic rings. The number of hydrogen-bond donors (Lipinski definition) is 1. The first-order chi connectivity index (χ1) is 9.27. The predicted molar refractivity (Wildman–Crippen MR) is 69.7 cm³/mol. The van der Waals surface area contributed by atoms with Crippen LogP contribution in [0.25, 0.3) is 0 Å². The molecule has 0 radical (unpaired) electrons. The minimum absolute atomic E-state index is 0.0363. The Morgan fingerprint density at radius 1 is 1.30 bits per heavy atom. The van der Waals surface area contributed by atoms with E-state index in [2.05, 4.69) is 5.32 Å². The molecule has 0 atom stereocenters. The Morgan fingerprint density at radius 2 is 1.95 bits per heavy atom. The molecular weight excluding hydrogens is 269 g/mol. The lowest BCUT2D eigenvalue weighted by Crippen LogP contribution is -2.53. The molecule has 1 spiro atoms. The molecule has 2 aliphatic rings. The Morgan fingerprint density at radius 3 is 2.45 bits per heavy atom. The summed E-state index contributed by atoms with van der Waals surface area (Å²) in [6.45, 7) is 3.78. The summed E-state index contributed by atoms with van der Waals surface area (Å²) in [5, 5.41) is 2.47. The normalized spacial score (nSPS) is 20.1. The van der Waals surface area contributed by atoms with Crippen molar-refractivity contribution in [3.63, 3.8) is 0 Å². The number of alkyl halides is 3. The van der Waals surface area contributed by atoms with Crippen LogP contribution >= 0.6 is 0 Å². The Kier molecular flexibility index (Phi) is 2.59. The van der Waals surface area contributed by atoms with Gasteiger partial charge in [0.05, 0.1) is 16.9 Å². The number of amides is 1. The number of nitrogens with zero attached hydrogens (tertiary/aromatic N) is 1. The van der Waals surface area contributed by atoms with E-state index in [0.29, 0.717) is 18.5 Å². The molecular formula is C14H15F3N2O. The fourth-order valence-electron chi connectivity index (χ4n) is 3.04. The van der Waals surface area contributed by atoms with Crippen LogP contribution in [0.15, 0.2) is 18.2 Å². The summed E-state index contributed by atoms with van der Waals surface area (Å²) in [4.78, 5) is 14.0. The summed E-state index contributed by atoms with van der Waals surface area (Å²) in [7, 11) is 0. The van der Waals surface area contributed by atoms with E-state index in [1.165, 1.54) is 6.07 Å². The summed E-state index contributed by atoms with van der Waals surface area (Å²) in [5.41, 5.74) is -1.08. The summed E-state index contributed by atoms with van der Waals surface area (Å²) in [6, 6.07) is 4.00. The zero-order valence-corrected chi connectivity index (χ0v) is 11.2. The number of carbonyl (C=O) groups excluding carboxylic acids is 1. The number of para-hydroxylation sites is 1. The largest absolute Gasteiger partial charge is 0.418 e. The molecule has 3 rings (SSSR count). The van der Waals surface area contributed by atoms with Gasteiger partial charge in [0.15, 0.2) is 0 Å². The molecule has 0 unspecified atom stereocenters. The third-order valence-corrected chi connectivity index (χ3v) is 3.97. The maximum atomic E-state index is 13.1. The van der Waals surface area contributed by atoms with Gasteiger partial charge in [-0.1, -0.05) is 6.07 Å². The number of hydrogen-bond acceptors (Lipinski definition) is 2. The van der Waals surface area contributed by atoms with Crippen LogP contribution in [0.4, 0.5) is 24.5 Å². The van der Waals surface area contributed by atoms with Gasteiger partial charge in [0.1, 0.15) is 5.54 Å². The molecule has 0 saturated heterocycles. The smallest absolute Gasteiger partial charge is 0.353 e. The molecule has 1 aliphatic heterocycles. The van der Waals surface area contributed by atoms with Crippen LogP contribution in [0.5, 0.6) is 0 Å². The number of halogens is 3. The van der Waals surface area contributed by atoms with Crippen molar-refractivity contribution in [3.05, 3.63) is 23.8 Å². The number of rotatable bonds is 1. The van der Waals surface area contributed by atoms with E-state index in [0.717, 1.165) is 6.07 Å². The van der Waals surface area contributed by atoms with E-state index < -0.39 is 17.3 Å². The maximum absolute atomic E-state index is 13.1. The molecule has 1 amide bonds. The lowest BCUT2D eigenvalue weighted by Gasteiger charge is -2.42. The lowest BCUT2D eigenvalue weighted by molar-refractivity contribution is -0.137. The van der Waals surface area contributed by atoms with Crippen LogP contribution in [0.2, 0.25) is 0 Å². The summed E-state index contributed by atoms with van der Waals surface area (Å²) in [5.74, 6) is -0.324. The zero-order valence-electron chi connectivity index (χ0n) is 11.2. The first kappa shape index (κ1) is 13.3. The van der Waals surface area contributed by atoms with Gasteiger partial charge < -0.3 is 10.2 Å². The number of carbonyl (C=O) groups is 1. The molecule has 1 aliphatic carbocycles. The van der Waals surface area contributed by atoms with Gasteiger partial charge in [0, 0.05) is 6.04 Å². The molecule has 0 aromatic heterocycles. The fourth-order valence-corrected chi connectivity index (χ4v) is 3.04. The third kappa shape index (κ3) is 1.70. The Hall–Kier alpha value is -1.72. The molecule has 6 heteroatoms. The van der Waals surface area contributed by atoms with E-state index in [1.54, 1.807) is 6.07 Å². The molecule has 1 heterocycles. The summed E-state index contributed by atoms with van der Waals surface area (Å²) in [6.07, 6.45) is -3.10. The van der Waals surface area contributed by atoms with Crippen LogP contribution in [-0.2, 0) is 11.0 Å². The lowest BCUT2D eigenvalue weighted by atomic mass is 10.0. The van der Waals surface area contributed by atoms with Crippen LogP contribution < -0.4 is 10.2 Å². The van der Waals surface area contributed by atoms with E-state index in [9.17, 15) is 18.0 Å². The van der Waals surface area contributed by atoms with Crippen molar-refractivity contribution in [2.24, 2.45) is 0 Å². The maximum Gasteiger partial charge on any atom is 0.418 e. The van der Waals surface area contributed by atoms with Crippen molar-refractivity contribution in [2.75, 3.05) is 10.2 Å². The Balaban J connectivity index is 2.20. The van der Waals surface area contributed by atoms with Crippen LogP contribution in [0.3, 0.4) is 0 Å². The van der Waals surface area contributed by atoms with Gasteiger partial charge >= 0.3 is 6.18 Å². The van der Waals surface area contributed by atoms with E-state index in [1.807, 2.05) is 18.7 Å². The zero-order chi connectivity index (χ0) is 14.7. The van der Waals surface area contributed by atoms with E-state index >= 15 is 0 Å². The van der Waals surface area contributed by atoms with E-state index in [4.69, 9.17) is 0 Å². The molecule has 1 N–H and O–H groups in total. The minimum atomic E-state index is -4.48. The highest BCUT2D eigenvalue weighted by Crippen LogP contribution is 2.53. The first-order valence-corrected chi connectivity index (χ1v) is 6.58. The SMILES string of the molecule is CC(C)N1c2cccc(C(F)(F)F)c2NC(=O)C12CC2. The molecule has 1 fully saturated rings. The van der Waals surface area contributed by atoms with Gasteiger partial charge in [-0.15, -0.1) is 0 Å². The highest BCUT2D eigenvalue weighted by atomic mass is 19.4. The molecule has 0 bridgehead atoms. The third-order valence-electron chi connectivity index (χ3n) is 3.97. The number of nitrogens with one attached hydrogen (secondary N) is 1. The summed E-state index contributed by atoms with van der Waals surface area (Å²) < 4.78 is 39.2. The van der Waals surface area contributed by atoms with Crippen molar-refractivity contribution in [1.29, 1.82) is 0 Å². The van der Waals surface area contributed by atoms with Gasteiger partial charge in [-0.2, -0.15) is 13.2 Å². The highest BCUT2D eigenvalue weighted by Gasteiger charge is 2.58. The average Bonchev–Trinajstić information content (AvgIpc) is 3.09. The van der Waals surface area contributed by atoms with Crippen LogP contribution in [0.1, 0.15) is 32.3 Å². The van der Waals surface area contributed by atoms with Crippen molar-refractivity contribution in [2.45, 2.75) is 44.4 Å². The molecule has 108 valence electrons. The van der Waals surface area contributed by atoms with Gasteiger partial charge in [0.2, 0.25) is 5.91 Å². The predicted octanol–water partition coefficient (Wildman–Crippen LogP) is 3.40. The van der Waals surface area contributed by atoms with Crippen molar-refractivity contribution < 1.29 is 18.0 Å². The van der Waals surface area contributed by atoms with E-state index in [-0.39, 0.29) is 17.6 Å². The molecule has 1 aromatic carbocycles. The van der Waals surface area contributed by atoms with Crippen molar-refractivity contribution in [1.82, 2.24) is 0 Å². The molecule has 3 nitrogen and oxygen atoms in total.